The summed E-state index contributed by atoms with van der Waals surface area (Å²) in [5.74, 6) is -0.841. The number of amides is 2. The Morgan fingerprint density at radius 1 is 1.46 bits per heavy atom. The minimum Gasteiger partial charge on any atom is -0.545 e. The molecule has 1 N–H and O–H groups in total. The average Bonchev–Trinajstić information content (AvgIpc) is 2.59. The third kappa shape index (κ3) is 5.13. The molecule has 0 radical (unpaired) electrons. The number of β-lactam (4-membered cyclic amide) rings is 1. The smallest absolute Gasteiger partial charge is 0.253 e. The number of carbonyl (C=O) groups excluding carboxylic acids is 3. The number of carboxylic acid groups (broad SMARTS) is 1. The zero-order chi connectivity index (χ0) is 19.8. The fourth-order valence-electron chi connectivity index (χ4n) is 2.97. The van der Waals surface area contributed by atoms with Crippen LogP contribution in [0.1, 0.15) is 16.1 Å². The van der Waals surface area contributed by atoms with Crippen molar-refractivity contribution in [1.29, 1.82) is 0 Å². The zero-order valence-corrected chi connectivity index (χ0v) is 18.9. The molecule has 7 nitrogen and oxygen atoms in total. The van der Waals surface area contributed by atoms with E-state index in [1.807, 2.05) is 0 Å². The predicted molar refractivity (Wildman–Crippen MR) is 109 cm³/mol. The van der Waals surface area contributed by atoms with Crippen molar-refractivity contribution in [2.24, 2.45) is 0 Å². The fourth-order valence-corrected chi connectivity index (χ4v) is 4.65. The van der Waals surface area contributed by atoms with E-state index in [9.17, 15) is 19.5 Å². The highest BCUT2D eigenvalue weighted by Crippen LogP contribution is 2.36. The fraction of sp³-hybridized carbons (Fsp3) is 0.375. The van der Waals surface area contributed by atoms with E-state index in [0.29, 0.717) is 24.4 Å². The van der Waals surface area contributed by atoms with Gasteiger partial charge < -0.3 is 20.1 Å². The molecule has 1 fully saturated rings. The average molecular weight is 532 g/mol. The van der Waals surface area contributed by atoms with Gasteiger partial charge in [0.05, 0.1) is 12.4 Å². The first-order chi connectivity index (χ1) is 12.7. The second-order valence-electron chi connectivity index (χ2n) is 6.11. The highest BCUT2D eigenvalue weighted by Gasteiger charge is 2.48. The van der Waals surface area contributed by atoms with Crippen LogP contribution in [0.4, 0.5) is 0 Å². The maximum absolute atomic E-state index is 12.1. The van der Waals surface area contributed by atoms with E-state index in [0.717, 1.165) is 5.57 Å². The van der Waals surface area contributed by atoms with Crippen LogP contribution < -0.4 is 15.0 Å². The van der Waals surface area contributed by atoms with Gasteiger partial charge in [0.2, 0.25) is 6.41 Å². The number of hydrogen-bond acceptors (Lipinski definition) is 5. The SMILES string of the molecule is Br.O=CN[C@@H]1C(=O)N2C=C(C[n+]3ccc(C(=O)[O-])cc3CC(Cl)(Cl)Cl)CS[C@@H]12. The second kappa shape index (κ2) is 9.21. The molecular formula is C16H15BrCl3N3O4S. The number of aromatic nitrogens is 1. The van der Waals surface area contributed by atoms with Crippen LogP contribution >= 0.6 is 63.5 Å². The van der Waals surface area contributed by atoms with Gasteiger partial charge in [0.15, 0.2) is 22.2 Å². The Morgan fingerprint density at radius 2 is 2.18 bits per heavy atom. The van der Waals surface area contributed by atoms with Crippen molar-refractivity contribution in [3.63, 3.8) is 0 Å². The molecule has 2 aliphatic heterocycles. The van der Waals surface area contributed by atoms with E-state index in [1.54, 1.807) is 21.9 Å². The number of hydrogen-bond donors (Lipinski definition) is 1. The van der Waals surface area contributed by atoms with E-state index >= 15 is 0 Å². The molecule has 1 aromatic rings. The molecule has 1 saturated heterocycles. The maximum atomic E-state index is 12.1. The molecule has 2 atom stereocenters. The summed E-state index contributed by atoms with van der Waals surface area (Å²) in [5.41, 5.74) is 1.44. The number of nitrogens with one attached hydrogen (secondary N) is 1. The number of rotatable bonds is 6. The Kier molecular flexibility index (Phi) is 7.66. The monoisotopic (exact) mass is 529 g/mol. The van der Waals surface area contributed by atoms with E-state index in [-0.39, 0.29) is 40.2 Å². The van der Waals surface area contributed by atoms with Crippen molar-refractivity contribution in [3.05, 3.63) is 41.4 Å². The Hall–Kier alpha value is -1.000. The van der Waals surface area contributed by atoms with Gasteiger partial charge in [0, 0.05) is 35.2 Å². The molecule has 1 aromatic heterocycles. The standard InChI is InChI=1S/C16H14Cl3N3O4S.BrH/c17-16(18,19)4-11-3-10(15(25)26)1-2-21(11)5-9-6-22-13(24)12(20-8-23)14(22)27-7-9;/h1-3,6,8,12,14H,4-5,7H2,(H-,20,23,25,26);1H/t12-,14+;/m1./s1. The summed E-state index contributed by atoms with van der Waals surface area (Å²) in [4.78, 5) is 35.3. The molecular weight excluding hydrogens is 517 g/mol. The molecule has 2 aliphatic rings. The Labute approximate surface area is 190 Å². The summed E-state index contributed by atoms with van der Waals surface area (Å²) in [7, 11) is 0. The minimum absolute atomic E-state index is 0. The van der Waals surface area contributed by atoms with Crippen LogP contribution in [0, 0.1) is 0 Å². The molecule has 152 valence electrons. The van der Waals surface area contributed by atoms with Crippen molar-refractivity contribution >= 4 is 81.8 Å². The lowest BCUT2D eigenvalue weighted by atomic mass is 10.1. The van der Waals surface area contributed by atoms with E-state index in [2.05, 4.69) is 5.32 Å². The van der Waals surface area contributed by atoms with Crippen LogP contribution in [0.25, 0.3) is 0 Å². The van der Waals surface area contributed by atoms with Gasteiger partial charge in [-0.25, -0.2) is 0 Å². The van der Waals surface area contributed by atoms with Gasteiger partial charge in [0.25, 0.3) is 5.91 Å². The number of thioether (sulfide) groups is 1. The van der Waals surface area contributed by atoms with Crippen molar-refractivity contribution in [2.45, 2.75) is 28.2 Å². The summed E-state index contributed by atoms with van der Waals surface area (Å²) in [6, 6.07) is 2.32. The number of pyridine rings is 1. The number of halogens is 4. The van der Waals surface area contributed by atoms with E-state index in [1.165, 1.54) is 23.9 Å². The second-order valence-corrected chi connectivity index (χ2v) is 9.73. The van der Waals surface area contributed by atoms with Crippen molar-refractivity contribution < 1.29 is 24.1 Å². The first-order valence-corrected chi connectivity index (χ1v) is 10.0. The molecule has 3 heterocycles. The van der Waals surface area contributed by atoms with Crippen molar-refractivity contribution in [2.75, 3.05) is 5.75 Å². The summed E-state index contributed by atoms with van der Waals surface area (Å²) in [5, 5.41) is 13.5. The molecule has 2 amide bonds. The van der Waals surface area contributed by atoms with Gasteiger partial charge in [-0.1, -0.05) is 34.8 Å². The number of nitrogens with zero attached hydrogens (tertiary/aromatic N) is 2. The van der Waals surface area contributed by atoms with Gasteiger partial charge in [-0.15, -0.1) is 28.7 Å². The Balaban J connectivity index is 0.00000280. The molecule has 0 saturated carbocycles. The normalized spacial score (nSPS) is 21.0. The molecule has 0 aliphatic carbocycles. The highest BCUT2D eigenvalue weighted by molar-refractivity contribution is 8.93. The summed E-state index contributed by atoms with van der Waals surface area (Å²) < 4.78 is 0.181. The molecule has 0 aromatic carbocycles. The lowest BCUT2D eigenvalue weighted by Gasteiger charge is -2.46. The van der Waals surface area contributed by atoms with Gasteiger partial charge in [-0.05, 0) is 0 Å². The number of fused-ring (bicyclic) bond motifs is 1. The molecule has 0 spiro atoms. The number of carbonyl (C=O) groups is 3. The van der Waals surface area contributed by atoms with Gasteiger partial charge in [0.1, 0.15) is 11.4 Å². The number of alkyl halides is 3. The molecule has 12 heteroatoms. The first kappa shape index (κ1) is 23.3. The topological polar surface area (TPSA) is 93.4 Å². The van der Waals surface area contributed by atoms with Crippen LogP contribution in [0.5, 0.6) is 0 Å². The van der Waals surface area contributed by atoms with Gasteiger partial charge >= 0.3 is 0 Å². The Morgan fingerprint density at radius 3 is 2.79 bits per heavy atom. The zero-order valence-electron chi connectivity index (χ0n) is 14.1. The van der Waals surface area contributed by atoms with Crippen LogP contribution in [0.3, 0.4) is 0 Å². The van der Waals surface area contributed by atoms with Gasteiger partial charge in [-0.2, -0.15) is 4.57 Å². The molecule has 0 unspecified atom stereocenters. The third-order valence-corrected chi connectivity index (χ3v) is 5.98. The van der Waals surface area contributed by atoms with Crippen LogP contribution in [0.2, 0.25) is 0 Å². The number of aromatic carboxylic acids is 1. The summed E-state index contributed by atoms with van der Waals surface area (Å²) in [6.45, 7) is 0.401. The lowest BCUT2D eigenvalue weighted by molar-refractivity contribution is -0.696. The molecule has 0 bridgehead atoms. The molecule has 3 rings (SSSR count). The van der Waals surface area contributed by atoms with Gasteiger partial charge in [-0.3, -0.25) is 9.59 Å². The molecule has 28 heavy (non-hydrogen) atoms. The summed E-state index contributed by atoms with van der Waals surface area (Å²) >= 11 is 19.2. The third-order valence-electron chi connectivity index (χ3n) is 4.20. The Bertz CT molecular complexity index is 834. The first-order valence-electron chi connectivity index (χ1n) is 7.83. The highest BCUT2D eigenvalue weighted by atomic mass is 79.9. The van der Waals surface area contributed by atoms with E-state index in [4.69, 9.17) is 34.8 Å². The lowest BCUT2D eigenvalue weighted by Crippen LogP contribution is -2.67. The quantitative estimate of drug-likeness (QED) is 0.253. The largest absolute Gasteiger partial charge is 0.545 e. The van der Waals surface area contributed by atoms with Crippen LogP contribution in [-0.4, -0.2) is 44.1 Å². The van der Waals surface area contributed by atoms with Crippen LogP contribution in [-0.2, 0) is 22.6 Å². The van der Waals surface area contributed by atoms with E-state index < -0.39 is 15.8 Å². The van der Waals surface area contributed by atoms with Crippen molar-refractivity contribution in [3.8, 4) is 0 Å². The maximum Gasteiger partial charge on any atom is 0.253 e. The van der Waals surface area contributed by atoms with Crippen LogP contribution in [0.15, 0.2) is 30.1 Å². The minimum atomic E-state index is -1.59. The summed E-state index contributed by atoms with van der Waals surface area (Å²) in [6.07, 6.45) is 3.88. The van der Waals surface area contributed by atoms with Crippen molar-refractivity contribution in [1.82, 2.24) is 10.2 Å². The number of carboxylic acids is 1. The predicted octanol–water partition coefficient (Wildman–Crippen LogP) is 0.742.